The Kier molecular flexibility index (Phi) is 4.97. The number of nitrogens with zero attached hydrogens (tertiary/aromatic N) is 2. The molecule has 0 aliphatic heterocycles. The van der Waals surface area contributed by atoms with Crippen molar-refractivity contribution >= 4 is 17.5 Å². The highest BCUT2D eigenvalue weighted by atomic mass is 16.5. The van der Waals surface area contributed by atoms with Gasteiger partial charge in [0.05, 0.1) is 27.0 Å². The molecule has 1 aromatic carbocycles. The van der Waals surface area contributed by atoms with Crippen LogP contribution in [0.25, 0.3) is 0 Å². The number of urea groups is 1. The molecule has 0 bridgehead atoms. The molecule has 0 aliphatic rings. The number of methoxy groups -OCH3 is 3. The number of ether oxygens (including phenoxy) is 3. The SMILES string of the molecule is COc1ccc(NC(=O)Nc2ccnc(OC)n2)c(OC)c1. The molecule has 2 aromatic rings. The summed E-state index contributed by atoms with van der Waals surface area (Å²) in [6, 6.07) is 6.31. The molecule has 8 heteroatoms. The second-order valence-corrected chi connectivity index (χ2v) is 4.07. The lowest BCUT2D eigenvalue weighted by atomic mass is 10.2. The quantitative estimate of drug-likeness (QED) is 0.879. The zero-order valence-electron chi connectivity index (χ0n) is 12.4. The second kappa shape index (κ2) is 7.11. The molecule has 1 heterocycles. The average molecular weight is 304 g/mol. The van der Waals surface area contributed by atoms with Crippen molar-refractivity contribution in [2.24, 2.45) is 0 Å². The Balaban J connectivity index is 2.08. The van der Waals surface area contributed by atoms with Gasteiger partial charge in [-0.15, -0.1) is 0 Å². The maximum atomic E-state index is 12.0. The van der Waals surface area contributed by atoms with Crippen LogP contribution >= 0.6 is 0 Å². The van der Waals surface area contributed by atoms with E-state index in [0.29, 0.717) is 23.0 Å². The summed E-state index contributed by atoms with van der Waals surface area (Å²) >= 11 is 0. The minimum atomic E-state index is -0.468. The van der Waals surface area contributed by atoms with Gasteiger partial charge in [-0.3, -0.25) is 5.32 Å². The van der Waals surface area contributed by atoms with Gasteiger partial charge in [0.25, 0.3) is 0 Å². The van der Waals surface area contributed by atoms with Crippen molar-refractivity contribution in [1.29, 1.82) is 0 Å². The van der Waals surface area contributed by atoms with E-state index in [1.54, 1.807) is 31.4 Å². The fourth-order valence-corrected chi connectivity index (χ4v) is 1.68. The van der Waals surface area contributed by atoms with Crippen molar-refractivity contribution in [1.82, 2.24) is 9.97 Å². The third-order valence-corrected chi connectivity index (χ3v) is 2.71. The number of hydrogen-bond donors (Lipinski definition) is 2. The van der Waals surface area contributed by atoms with Gasteiger partial charge in [0.1, 0.15) is 17.3 Å². The van der Waals surface area contributed by atoms with Crippen LogP contribution in [-0.4, -0.2) is 37.3 Å². The predicted octanol–water partition coefficient (Wildman–Crippen LogP) is 2.15. The summed E-state index contributed by atoms with van der Waals surface area (Å²) < 4.78 is 15.2. The number of hydrogen-bond acceptors (Lipinski definition) is 6. The minimum absolute atomic E-state index is 0.167. The van der Waals surface area contributed by atoms with Gasteiger partial charge in [0.2, 0.25) is 0 Å². The van der Waals surface area contributed by atoms with E-state index in [0.717, 1.165) is 0 Å². The molecule has 2 N–H and O–H groups in total. The molecule has 8 nitrogen and oxygen atoms in total. The molecule has 0 fully saturated rings. The zero-order chi connectivity index (χ0) is 15.9. The van der Waals surface area contributed by atoms with E-state index in [-0.39, 0.29) is 6.01 Å². The van der Waals surface area contributed by atoms with E-state index in [4.69, 9.17) is 14.2 Å². The summed E-state index contributed by atoms with van der Waals surface area (Å²) in [5.41, 5.74) is 0.502. The highest BCUT2D eigenvalue weighted by Gasteiger charge is 2.10. The van der Waals surface area contributed by atoms with E-state index in [2.05, 4.69) is 20.6 Å². The van der Waals surface area contributed by atoms with Crippen molar-refractivity contribution in [2.45, 2.75) is 0 Å². The Morgan fingerprint density at radius 3 is 2.55 bits per heavy atom. The topological polar surface area (TPSA) is 94.6 Å². The van der Waals surface area contributed by atoms with E-state index in [1.807, 2.05) is 0 Å². The van der Waals surface area contributed by atoms with Gasteiger partial charge < -0.3 is 19.5 Å². The van der Waals surface area contributed by atoms with Crippen molar-refractivity contribution in [2.75, 3.05) is 32.0 Å². The number of aromatic nitrogens is 2. The predicted molar refractivity (Wildman–Crippen MR) is 80.8 cm³/mol. The smallest absolute Gasteiger partial charge is 0.324 e. The molecule has 22 heavy (non-hydrogen) atoms. The van der Waals surface area contributed by atoms with Crippen molar-refractivity contribution in [3.8, 4) is 17.5 Å². The van der Waals surface area contributed by atoms with Crippen LogP contribution < -0.4 is 24.8 Å². The van der Waals surface area contributed by atoms with Crippen LogP contribution in [0.5, 0.6) is 17.5 Å². The van der Waals surface area contributed by atoms with Gasteiger partial charge in [-0.2, -0.15) is 4.98 Å². The summed E-state index contributed by atoms with van der Waals surface area (Å²) in [4.78, 5) is 19.8. The van der Waals surface area contributed by atoms with Crippen LogP contribution in [-0.2, 0) is 0 Å². The van der Waals surface area contributed by atoms with Gasteiger partial charge in [-0.1, -0.05) is 0 Å². The first-order valence-corrected chi connectivity index (χ1v) is 6.33. The molecule has 0 unspecified atom stereocenters. The molecule has 0 aliphatic carbocycles. The average Bonchev–Trinajstić information content (AvgIpc) is 2.55. The highest BCUT2D eigenvalue weighted by Crippen LogP contribution is 2.29. The molecular formula is C14H16N4O4. The van der Waals surface area contributed by atoms with Crippen LogP contribution in [0.1, 0.15) is 0 Å². The monoisotopic (exact) mass is 304 g/mol. The summed E-state index contributed by atoms with van der Waals surface area (Å²) in [6.45, 7) is 0. The normalized spacial score (nSPS) is 9.77. The van der Waals surface area contributed by atoms with E-state index in [1.165, 1.54) is 20.4 Å². The molecule has 0 radical (unpaired) electrons. The highest BCUT2D eigenvalue weighted by molar-refractivity contribution is 6.00. The minimum Gasteiger partial charge on any atom is -0.497 e. The lowest BCUT2D eigenvalue weighted by molar-refractivity contribution is 0.262. The van der Waals surface area contributed by atoms with E-state index < -0.39 is 6.03 Å². The molecule has 116 valence electrons. The maximum absolute atomic E-state index is 12.0. The molecule has 1 aromatic heterocycles. The fraction of sp³-hybridized carbons (Fsp3) is 0.214. The molecule has 2 rings (SSSR count). The van der Waals surface area contributed by atoms with Crippen molar-refractivity contribution in [3.05, 3.63) is 30.5 Å². The maximum Gasteiger partial charge on any atom is 0.324 e. The number of carbonyl (C=O) groups excluding carboxylic acids is 1. The first-order chi connectivity index (χ1) is 10.7. The fourth-order valence-electron chi connectivity index (χ4n) is 1.68. The Morgan fingerprint density at radius 2 is 1.86 bits per heavy atom. The van der Waals surface area contributed by atoms with Crippen LogP contribution in [0.15, 0.2) is 30.5 Å². The van der Waals surface area contributed by atoms with Crippen molar-refractivity contribution < 1.29 is 19.0 Å². The largest absolute Gasteiger partial charge is 0.497 e. The van der Waals surface area contributed by atoms with Crippen molar-refractivity contribution in [3.63, 3.8) is 0 Å². The molecule has 0 spiro atoms. The third kappa shape index (κ3) is 3.75. The second-order valence-electron chi connectivity index (χ2n) is 4.07. The van der Waals surface area contributed by atoms with Gasteiger partial charge in [0.15, 0.2) is 0 Å². The summed E-state index contributed by atoms with van der Waals surface area (Å²) in [7, 11) is 4.51. The number of nitrogens with one attached hydrogen (secondary N) is 2. The Labute approximate surface area is 127 Å². The zero-order valence-corrected chi connectivity index (χ0v) is 12.4. The van der Waals surface area contributed by atoms with Gasteiger partial charge >= 0.3 is 12.0 Å². The molecule has 0 saturated heterocycles. The van der Waals surface area contributed by atoms with Crippen LogP contribution in [0.2, 0.25) is 0 Å². The first-order valence-electron chi connectivity index (χ1n) is 6.33. The lowest BCUT2D eigenvalue weighted by Crippen LogP contribution is -2.20. The van der Waals surface area contributed by atoms with E-state index in [9.17, 15) is 4.79 Å². The Hall–Kier alpha value is -3.03. The molecule has 2 amide bonds. The van der Waals surface area contributed by atoms with Gasteiger partial charge in [-0.05, 0) is 18.2 Å². The van der Waals surface area contributed by atoms with Crippen LogP contribution in [0, 0.1) is 0 Å². The summed E-state index contributed by atoms with van der Waals surface area (Å²) in [5, 5.41) is 5.24. The molecule has 0 saturated carbocycles. The number of benzene rings is 1. The number of carbonyl (C=O) groups is 1. The number of anilines is 2. The summed E-state index contributed by atoms with van der Waals surface area (Å²) in [5.74, 6) is 1.43. The Bertz CT molecular complexity index is 663. The van der Waals surface area contributed by atoms with Gasteiger partial charge in [0, 0.05) is 12.3 Å². The molecule has 0 atom stereocenters. The van der Waals surface area contributed by atoms with Crippen LogP contribution in [0.4, 0.5) is 16.3 Å². The Morgan fingerprint density at radius 1 is 1.05 bits per heavy atom. The molecular weight excluding hydrogens is 288 g/mol. The standard InChI is InChI=1S/C14H16N4O4/c1-20-9-4-5-10(11(8-9)21-2)16-13(19)17-12-6-7-15-14(18-12)22-3/h4-8H,1-3H3,(H2,15,16,17,18,19). The van der Waals surface area contributed by atoms with Gasteiger partial charge in [-0.25, -0.2) is 9.78 Å². The first kappa shape index (κ1) is 15.4. The number of amides is 2. The van der Waals surface area contributed by atoms with E-state index >= 15 is 0 Å². The number of rotatable bonds is 5. The third-order valence-electron chi connectivity index (χ3n) is 2.71. The van der Waals surface area contributed by atoms with Crippen LogP contribution in [0.3, 0.4) is 0 Å². The summed E-state index contributed by atoms with van der Waals surface area (Å²) in [6.07, 6.45) is 1.48. The lowest BCUT2D eigenvalue weighted by Gasteiger charge is -2.12.